The van der Waals surface area contributed by atoms with Crippen LogP contribution in [0.25, 0.3) is 21.6 Å². The van der Waals surface area contributed by atoms with E-state index in [-0.39, 0.29) is 0 Å². The Kier molecular flexibility index (Phi) is 5.01. The van der Waals surface area contributed by atoms with Crippen LogP contribution in [0.5, 0.6) is 0 Å². The van der Waals surface area contributed by atoms with E-state index in [0.29, 0.717) is 6.42 Å². The third-order valence-corrected chi connectivity index (χ3v) is 6.30. The van der Waals surface area contributed by atoms with E-state index >= 15 is 0 Å². The number of thiophene rings is 1. The fraction of sp³-hybridized carbons (Fsp3) is 0.0833. The number of nitrogens with zero attached hydrogens (tertiary/aromatic N) is 4. The number of pyridine rings is 2. The molecule has 5 nitrogen and oxygen atoms in total. The van der Waals surface area contributed by atoms with Gasteiger partial charge in [-0.2, -0.15) is 10.2 Å². The van der Waals surface area contributed by atoms with Crippen molar-refractivity contribution in [3.05, 3.63) is 95.4 Å². The Morgan fingerprint density at radius 2 is 1.73 bits per heavy atom. The van der Waals surface area contributed by atoms with E-state index in [1.54, 1.807) is 36.1 Å². The van der Waals surface area contributed by atoms with Gasteiger partial charge in [0.2, 0.25) is 0 Å². The number of hydrogen-bond donors (Lipinski definition) is 1. The van der Waals surface area contributed by atoms with Crippen LogP contribution in [0.3, 0.4) is 0 Å². The second-order valence-electron chi connectivity index (χ2n) is 6.91. The largest absolute Gasteiger partial charge is 0.384 e. The van der Waals surface area contributed by atoms with Gasteiger partial charge >= 0.3 is 0 Å². The van der Waals surface area contributed by atoms with Crippen molar-refractivity contribution in [1.82, 2.24) is 9.97 Å². The van der Waals surface area contributed by atoms with Gasteiger partial charge in [0.1, 0.15) is 6.10 Å². The molecule has 0 spiro atoms. The monoisotopic (exact) mass is 410 g/mol. The van der Waals surface area contributed by atoms with Gasteiger partial charge in [-0.1, -0.05) is 30.3 Å². The molecule has 146 valence electrons. The van der Waals surface area contributed by atoms with Gasteiger partial charge in [0.15, 0.2) is 0 Å². The van der Waals surface area contributed by atoms with Crippen LogP contribution in [0.2, 0.25) is 0 Å². The highest BCUT2D eigenvalue weighted by atomic mass is 32.1. The van der Waals surface area contributed by atoms with E-state index in [0.717, 1.165) is 43.3 Å². The van der Waals surface area contributed by atoms with Gasteiger partial charge in [0.25, 0.3) is 0 Å². The maximum atomic E-state index is 11.5. The standard InChI is InChI=1S/C24H18N4OS/c29-23(19-6-2-1-5-18(19)17-4-3-10-26-15-17)20-14-22(16-7-11-25-12-8-16)30-24(20)21-9-13-27-28-21/h1-8,10-15,23,29H,9H2. The summed E-state index contributed by atoms with van der Waals surface area (Å²) in [6.45, 7) is 0. The lowest BCUT2D eigenvalue weighted by molar-refractivity contribution is 0.221. The minimum atomic E-state index is -0.799. The molecule has 0 radical (unpaired) electrons. The highest BCUT2D eigenvalue weighted by molar-refractivity contribution is 7.17. The van der Waals surface area contributed by atoms with Crippen molar-refractivity contribution >= 4 is 23.3 Å². The summed E-state index contributed by atoms with van der Waals surface area (Å²) in [5, 5.41) is 19.8. The van der Waals surface area contributed by atoms with Crippen LogP contribution >= 0.6 is 11.3 Å². The van der Waals surface area contributed by atoms with Crippen molar-refractivity contribution < 1.29 is 5.11 Å². The van der Waals surface area contributed by atoms with Crippen molar-refractivity contribution in [1.29, 1.82) is 0 Å². The third-order valence-electron chi connectivity index (χ3n) is 5.05. The van der Waals surface area contributed by atoms with Crippen molar-refractivity contribution in [3.8, 4) is 21.6 Å². The SMILES string of the molecule is OC(c1ccccc1-c1cccnc1)c1cc(-c2ccncc2)sc1C1=NN=CC1. The van der Waals surface area contributed by atoms with Crippen molar-refractivity contribution in [2.24, 2.45) is 10.2 Å². The Labute approximate surface area is 178 Å². The Bertz CT molecular complexity index is 1230. The topological polar surface area (TPSA) is 70.7 Å². The second-order valence-corrected chi connectivity index (χ2v) is 7.96. The number of aromatic nitrogens is 2. The molecule has 3 aromatic heterocycles. The van der Waals surface area contributed by atoms with Gasteiger partial charge in [0, 0.05) is 53.4 Å². The highest BCUT2D eigenvalue weighted by Crippen LogP contribution is 2.40. The molecule has 4 aromatic rings. The fourth-order valence-corrected chi connectivity index (χ4v) is 4.79. The first-order chi connectivity index (χ1) is 14.8. The molecule has 0 saturated carbocycles. The molecule has 1 unspecified atom stereocenters. The summed E-state index contributed by atoms with van der Waals surface area (Å²) in [7, 11) is 0. The van der Waals surface area contributed by atoms with Gasteiger partial charge < -0.3 is 5.11 Å². The lowest BCUT2D eigenvalue weighted by atomic mass is 9.92. The predicted molar refractivity (Wildman–Crippen MR) is 121 cm³/mol. The molecule has 1 aliphatic rings. The number of rotatable bonds is 5. The van der Waals surface area contributed by atoms with Crippen LogP contribution in [0, 0.1) is 0 Å². The van der Waals surface area contributed by atoms with Gasteiger partial charge in [-0.25, -0.2) is 0 Å². The molecular weight excluding hydrogens is 392 g/mol. The van der Waals surface area contributed by atoms with E-state index < -0.39 is 6.10 Å². The molecule has 0 saturated heterocycles. The first kappa shape index (κ1) is 18.5. The molecule has 1 atom stereocenters. The summed E-state index contributed by atoms with van der Waals surface area (Å²) < 4.78 is 0. The predicted octanol–water partition coefficient (Wildman–Crippen LogP) is 5.13. The van der Waals surface area contributed by atoms with Gasteiger partial charge in [-0.05, 0) is 41.0 Å². The molecule has 0 fully saturated rings. The molecule has 5 rings (SSSR count). The summed E-state index contributed by atoms with van der Waals surface area (Å²) >= 11 is 1.62. The number of hydrogen-bond acceptors (Lipinski definition) is 6. The summed E-state index contributed by atoms with van der Waals surface area (Å²) in [6.07, 6.45) is 8.78. The lowest BCUT2D eigenvalue weighted by Gasteiger charge is -2.16. The third kappa shape index (κ3) is 3.47. The van der Waals surface area contributed by atoms with Crippen molar-refractivity contribution in [3.63, 3.8) is 0 Å². The minimum Gasteiger partial charge on any atom is -0.384 e. The van der Waals surface area contributed by atoms with E-state index in [2.05, 4.69) is 26.2 Å². The first-order valence-electron chi connectivity index (χ1n) is 9.61. The molecule has 1 aliphatic heterocycles. The molecule has 0 bridgehead atoms. The summed E-state index contributed by atoms with van der Waals surface area (Å²) in [4.78, 5) is 10.4. The molecule has 4 heterocycles. The Balaban J connectivity index is 1.63. The molecule has 1 N–H and O–H groups in total. The quantitative estimate of drug-likeness (QED) is 0.496. The van der Waals surface area contributed by atoms with Crippen LogP contribution in [0.1, 0.15) is 28.5 Å². The highest BCUT2D eigenvalue weighted by Gasteiger charge is 2.24. The first-order valence-corrected chi connectivity index (χ1v) is 10.4. The molecular formula is C24H18N4OS. The van der Waals surface area contributed by atoms with E-state index in [1.807, 2.05) is 54.7 Å². The minimum absolute atomic E-state index is 0.667. The Morgan fingerprint density at radius 1 is 0.867 bits per heavy atom. The maximum Gasteiger partial charge on any atom is 0.106 e. The normalized spacial score (nSPS) is 14.0. The zero-order valence-corrected chi connectivity index (χ0v) is 16.8. The Hall–Kier alpha value is -3.48. The number of benzene rings is 1. The van der Waals surface area contributed by atoms with E-state index in [9.17, 15) is 5.11 Å². The van der Waals surface area contributed by atoms with Crippen molar-refractivity contribution in [2.45, 2.75) is 12.5 Å². The average Bonchev–Trinajstić information content (AvgIpc) is 3.50. The molecule has 0 amide bonds. The zero-order chi connectivity index (χ0) is 20.3. The van der Waals surface area contributed by atoms with Gasteiger partial charge in [0.05, 0.1) is 10.6 Å². The van der Waals surface area contributed by atoms with Gasteiger partial charge in [-0.3, -0.25) is 9.97 Å². The summed E-state index contributed by atoms with van der Waals surface area (Å²) in [5.74, 6) is 0. The zero-order valence-electron chi connectivity index (χ0n) is 16.0. The van der Waals surface area contributed by atoms with Crippen LogP contribution in [-0.4, -0.2) is 27.0 Å². The maximum absolute atomic E-state index is 11.5. The van der Waals surface area contributed by atoms with Crippen molar-refractivity contribution in [2.75, 3.05) is 0 Å². The van der Waals surface area contributed by atoms with E-state index in [1.165, 1.54) is 0 Å². The van der Waals surface area contributed by atoms with Crippen LogP contribution in [0.4, 0.5) is 0 Å². The molecule has 30 heavy (non-hydrogen) atoms. The number of aliphatic hydroxyl groups is 1. The van der Waals surface area contributed by atoms with Crippen LogP contribution in [-0.2, 0) is 0 Å². The molecule has 1 aromatic carbocycles. The second kappa shape index (κ2) is 8.10. The van der Waals surface area contributed by atoms with Crippen LogP contribution in [0.15, 0.2) is 89.6 Å². The Morgan fingerprint density at radius 3 is 2.50 bits per heavy atom. The van der Waals surface area contributed by atoms with E-state index in [4.69, 9.17) is 0 Å². The lowest BCUT2D eigenvalue weighted by Crippen LogP contribution is -2.06. The summed E-state index contributed by atoms with van der Waals surface area (Å²) in [5.41, 5.74) is 5.56. The molecule has 6 heteroatoms. The van der Waals surface area contributed by atoms with Crippen LogP contribution < -0.4 is 0 Å². The smallest absolute Gasteiger partial charge is 0.106 e. The molecule has 0 aliphatic carbocycles. The number of aliphatic hydroxyl groups excluding tert-OH is 1. The van der Waals surface area contributed by atoms with Gasteiger partial charge in [-0.15, -0.1) is 11.3 Å². The summed E-state index contributed by atoms with van der Waals surface area (Å²) in [6, 6.07) is 17.8. The average molecular weight is 411 g/mol. The fourth-order valence-electron chi connectivity index (χ4n) is 3.60.